The number of hydrogen-bond acceptors (Lipinski definition) is 4. The fraction of sp³-hybridized carbons (Fsp3) is 0.643. The Morgan fingerprint density at radius 2 is 1.86 bits per heavy atom. The Morgan fingerprint density at radius 1 is 1.09 bits per heavy atom. The number of hydrogen-bond donors (Lipinski definition) is 1. The Kier molecular flexibility index (Phi) is 6.80. The molecule has 3 heterocycles. The Balaban J connectivity index is 1.48. The van der Waals surface area contributed by atoms with Crippen LogP contribution in [0.3, 0.4) is 0 Å². The van der Waals surface area contributed by atoms with Gasteiger partial charge in [0.15, 0.2) is 0 Å². The first kappa shape index (κ1) is 24.2. The monoisotopic (exact) mass is 480 g/mol. The zero-order chi connectivity index (χ0) is 24.6. The molecule has 2 atom stereocenters. The molecule has 5 rings (SSSR count). The van der Waals surface area contributed by atoms with Crippen LogP contribution < -0.4 is 10.1 Å². The largest absolute Gasteiger partial charge is 0.497 e. The molecule has 1 aliphatic carbocycles. The maximum atomic E-state index is 14.0. The minimum absolute atomic E-state index is 0.0279. The molecule has 1 saturated carbocycles. The highest BCUT2D eigenvalue weighted by atomic mass is 16.5. The second-order valence-corrected chi connectivity index (χ2v) is 11.0. The number of carbonyl (C=O) groups excluding carboxylic acids is 2. The normalized spacial score (nSPS) is 26.1. The number of carbonyl (C=O) groups is 2. The summed E-state index contributed by atoms with van der Waals surface area (Å²) >= 11 is 0. The standard InChI is InChI=1S/C28H40N4O3/c1-20-9-7-8-14-30(20)15-16-32-26(33)25-17-21-12-13-23(35-3)18-24(21)31(25)19-28(32,2)27(34)29-22-10-5-4-6-11-22/h12-13,17-18,20,22H,4-11,14-16,19H2,1-3H3,(H,29,34)/t20-,28+/m0/s1. The van der Waals surface area contributed by atoms with Crippen LogP contribution in [0.4, 0.5) is 0 Å². The molecule has 7 heteroatoms. The van der Waals surface area contributed by atoms with Crippen LogP contribution in [-0.4, -0.2) is 70.5 Å². The number of methoxy groups -OCH3 is 1. The van der Waals surface area contributed by atoms with Gasteiger partial charge in [-0.25, -0.2) is 0 Å². The van der Waals surface area contributed by atoms with Crippen LogP contribution in [0.2, 0.25) is 0 Å². The van der Waals surface area contributed by atoms with Crippen molar-refractivity contribution in [2.45, 2.75) is 89.4 Å². The minimum Gasteiger partial charge on any atom is -0.497 e. The van der Waals surface area contributed by atoms with E-state index in [0.29, 0.717) is 24.8 Å². The van der Waals surface area contributed by atoms with Crippen LogP contribution >= 0.6 is 0 Å². The maximum absolute atomic E-state index is 14.0. The van der Waals surface area contributed by atoms with E-state index in [9.17, 15) is 9.59 Å². The van der Waals surface area contributed by atoms with Crippen LogP contribution in [0, 0.1) is 0 Å². The molecule has 1 saturated heterocycles. The third kappa shape index (κ3) is 4.55. The third-order valence-electron chi connectivity index (χ3n) is 8.62. The summed E-state index contributed by atoms with van der Waals surface area (Å²) in [7, 11) is 1.65. The fourth-order valence-electron chi connectivity index (χ4n) is 6.31. The molecule has 0 bridgehead atoms. The third-order valence-corrected chi connectivity index (χ3v) is 8.62. The van der Waals surface area contributed by atoms with Gasteiger partial charge >= 0.3 is 0 Å². The summed E-state index contributed by atoms with van der Waals surface area (Å²) in [5.74, 6) is 0.665. The fourth-order valence-corrected chi connectivity index (χ4v) is 6.31. The van der Waals surface area contributed by atoms with Gasteiger partial charge < -0.3 is 19.5 Å². The summed E-state index contributed by atoms with van der Waals surface area (Å²) < 4.78 is 7.48. The molecule has 1 aromatic heterocycles. The molecule has 2 amide bonds. The molecule has 3 aliphatic rings. The predicted octanol–water partition coefficient (Wildman–Crippen LogP) is 4.19. The number of nitrogens with one attached hydrogen (secondary N) is 1. The van der Waals surface area contributed by atoms with Crippen molar-refractivity contribution in [1.29, 1.82) is 0 Å². The molecule has 2 aliphatic heterocycles. The summed E-state index contributed by atoms with van der Waals surface area (Å²) in [4.78, 5) is 32.2. The first-order chi connectivity index (χ1) is 16.9. The van der Waals surface area contributed by atoms with Gasteiger partial charge in [0, 0.05) is 36.6 Å². The lowest BCUT2D eigenvalue weighted by molar-refractivity contribution is -0.134. The Bertz CT molecular complexity index is 1090. The smallest absolute Gasteiger partial charge is 0.271 e. The van der Waals surface area contributed by atoms with Crippen molar-refractivity contribution in [3.05, 3.63) is 30.0 Å². The van der Waals surface area contributed by atoms with Crippen LogP contribution in [0.1, 0.15) is 75.7 Å². The molecule has 2 fully saturated rings. The molecule has 1 aromatic carbocycles. The number of benzene rings is 1. The zero-order valence-electron chi connectivity index (χ0n) is 21.5. The van der Waals surface area contributed by atoms with Gasteiger partial charge in [-0.05, 0) is 64.3 Å². The van der Waals surface area contributed by atoms with Crippen molar-refractivity contribution in [1.82, 2.24) is 19.7 Å². The number of ether oxygens (including phenoxy) is 1. The van der Waals surface area contributed by atoms with Gasteiger partial charge in [-0.15, -0.1) is 0 Å². The Morgan fingerprint density at radius 3 is 2.60 bits per heavy atom. The van der Waals surface area contributed by atoms with E-state index in [2.05, 4.69) is 17.1 Å². The summed E-state index contributed by atoms with van der Waals surface area (Å²) in [6, 6.07) is 8.57. The second kappa shape index (κ2) is 9.84. The first-order valence-corrected chi connectivity index (χ1v) is 13.4. The lowest BCUT2D eigenvalue weighted by Crippen LogP contribution is -2.66. The van der Waals surface area contributed by atoms with E-state index in [4.69, 9.17) is 4.74 Å². The second-order valence-electron chi connectivity index (χ2n) is 11.0. The van der Waals surface area contributed by atoms with Gasteiger partial charge in [-0.2, -0.15) is 0 Å². The minimum atomic E-state index is -0.949. The highest BCUT2D eigenvalue weighted by Crippen LogP contribution is 2.34. The molecular weight excluding hydrogens is 440 g/mol. The van der Waals surface area contributed by atoms with Crippen molar-refractivity contribution in [2.24, 2.45) is 0 Å². The van der Waals surface area contributed by atoms with Gasteiger partial charge in [0.25, 0.3) is 5.91 Å². The molecule has 1 N–H and O–H groups in total. The summed E-state index contributed by atoms with van der Waals surface area (Å²) in [6.45, 7) is 7.10. The van der Waals surface area contributed by atoms with E-state index >= 15 is 0 Å². The van der Waals surface area contributed by atoms with E-state index in [1.54, 1.807) is 7.11 Å². The highest BCUT2D eigenvalue weighted by molar-refractivity contribution is 6.03. The average molecular weight is 481 g/mol. The molecule has 0 unspecified atom stereocenters. The number of piperidine rings is 1. The van der Waals surface area contributed by atoms with Crippen LogP contribution in [0.5, 0.6) is 5.75 Å². The zero-order valence-corrected chi connectivity index (χ0v) is 21.5. The van der Waals surface area contributed by atoms with Crippen molar-refractivity contribution >= 4 is 22.7 Å². The summed E-state index contributed by atoms with van der Waals surface area (Å²) in [5.41, 5.74) is 0.645. The van der Waals surface area contributed by atoms with Crippen molar-refractivity contribution in [3.63, 3.8) is 0 Å². The van der Waals surface area contributed by atoms with Crippen molar-refractivity contribution < 1.29 is 14.3 Å². The number of likely N-dealkylation sites (tertiary alicyclic amines) is 1. The highest BCUT2D eigenvalue weighted by Gasteiger charge is 2.48. The summed E-state index contributed by atoms with van der Waals surface area (Å²) in [6.07, 6.45) is 9.27. The van der Waals surface area contributed by atoms with Gasteiger partial charge in [0.05, 0.1) is 19.2 Å². The number of amides is 2. The SMILES string of the molecule is COc1ccc2cc3n(c2c1)C[C@](C)(C(=O)NC1CCCCC1)N(CCN1CCCC[C@@H]1C)C3=O. The van der Waals surface area contributed by atoms with E-state index in [1.807, 2.05) is 40.7 Å². The maximum Gasteiger partial charge on any atom is 0.271 e. The molecular formula is C28H40N4O3. The van der Waals surface area contributed by atoms with Gasteiger partial charge in [-0.1, -0.05) is 25.7 Å². The predicted molar refractivity (Wildman–Crippen MR) is 138 cm³/mol. The quantitative estimate of drug-likeness (QED) is 0.673. The van der Waals surface area contributed by atoms with E-state index in [1.165, 1.54) is 25.7 Å². The number of aromatic nitrogens is 1. The van der Waals surface area contributed by atoms with Crippen LogP contribution in [-0.2, 0) is 11.3 Å². The van der Waals surface area contributed by atoms with E-state index in [-0.39, 0.29) is 17.9 Å². The first-order valence-electron chi connectivity index (χ1n) is 13.4. The number of rotatable bonds is 6. The Hall–Kier alpha value is -2.54. The van der Waals surface area contributed by atoms with Gasteiger partial charge in [0.2, 0.25) is 5.91 Å². The van der Waals surface area contributed by atoms with Gasteiger partial charge in [0.1, 0.15) is 17.0 Å². The number of fused-ring (bicyclic) bond motifs is 3. The van der Waals surface area contributed by atoms with E-state index < -0.39 is 5.54 Å². The van der Waals surface area contributed by atoms with Crippen molar-refractivity contribution in [3.8, 4) is 5.75 Å². The van der Waals surface area contributed by atoms with Gasteiger partial charge in [-0.3, -0.25) is 14.5 Å². The van der Waals surface area contributed by atoms with Crippen LogP contribution in [0.25, 0.3) is 10.9 Å². The average Bonchev–Trinajstić information content (AvgIpc) is 3.23. The molecule has 2 aromatic rings. The lowest BCUT2D eigenvalue weighted by atomic mass is 9.91. The summed E-state index contributed by atoms with van der Waals surface area (Å²) in [5, 5.41) is 4.33. The molecule has 7 nitrogen and oxygen atoms in total. The lowest BCUT2D eigenvalue weighted by Gasteiger charge is -2.46. The van der Waals surface area contributed by atoms with Crippen LogP contribution in [0.15, 0.2) is 24.3 Å². The molecule has 190 valence electrons. The Labute approximate surface area is 208 Å². The molecule has 0 radical (unpaired) electrons. The van der Waals surface area contributed by atoms with Crippen molar-refractivity contribution in [2.75, 3.05) is 26.7 Å². The molecule has 0 spiro atoms. The number of nitrogens with zero attached hydrogens (tertiary/aromatic N) is 3. The van der Waals surface area contributed by atoms with E-state index in [0.717, 1.165) is 55.4 Å². The topological polar surface area (TPSA) is 66.8 Å². The molecule has 35 heavy (non-hydrogen) atoms.